The predicted octanol–water partition coefficient (Wildman–Crippen LogP) is 1.53. The summed E-state index contributed by atoms with van der Waals surface area (Å²) in [4.78, 5) is 38.6. The summed E-state index contributed by atoms with van der Waals surface area (Å²) in [6.45, 7) is 0.480. The summed E-state index contributed by atoms with van der Waals surface area (Å²) < 4.78 is 9.99. The van der Waals surface area contributed by atoms with Gasteiger partial charge in [-0.05, 0) is 6.42 Å². The van der Waals surface area contributed by atoms with Gasteiger partial charge in [-0.2, -0.15) is 0 Å². The van der Waals surface area contributed by atoms with E-state index in [1.54, 1.807) is 11.0 Å². The molecule has 0 bridgehead atoms. The van der Waals surface area contributed by atoms with E-state index < -0.39 is 6.09 Å². The Morgan fingerprint density at radius 2 is 2.00 bits per heavy atom. The molecule has 8 heteroatoms. The highest BCUT2D eigenvalue weighted by Gasteiger charge is 2.41. The molecule has 25 heavy (non-hydrogen) atoms. The second-order valence-electron chi connectivity index (χ2n) is 5.95. The molecule has 8 nitrogen and oxygen atoms in total. The lowest BCUT2D eigenvalue weighted by Gasteiger charge is -2.19. The predicted molar refractivity (Wildman–Crippen MR) is 84.4 cm³/mol. The van der Waals surface area contributed by atoms with Crippen molar-refractivity contribution in [3.05, 3.63) is 42.1 Å². The number of nitrogens with zero attached hydrogens (tertiary/aromatic N) is 3. The number of ether oxygens (including phenoxy) is 1. The summed E-state index contributed by atoms with van der Waals surface area (Å²) in [5.41, 5.74) is 1.04. The molecule has 2 fully saturated rings. The summed E-state index contributed by atoms with van der Waals surface area (Å²) >= 11 is 0. The minimum absolute atomic E-state index is 0.204. The van der Waals surface area contributed by atoms with Crippen molar-refractivity contribution in [3.8, 4) is 11.3 Å². The molecule has 2 saturated heterocycles. The van der Waals surface area contributed by atoms with Gasteiger partial charge in [0, 0.05) is 24.7 Å². The molecule has 1 aromatic heterocycles. The van der Waals surface area contributed by atoms with Crippen molar-refractivity contribution in [3.63, 3.8) is 0 Å². The van der Waals surface area contributed by atoms with Gasteiger partial charge < -0.3 is 14.2 Å². The largest absolute Gasteiger partial charge is 0.439 e. The van der Waals surface area contributed by atoms with Crippen LogP contribution < -0.4 is 0 Å². The lowest BCUT2D eigenvalue weighted by atomic mass is 10.1. The minimum atomic E-state index is -0.642. The Morgan fingerprint density at radius 3 is 2.72 bits per heavy atom. The van der Waals surface area contributed by atoms with Crippen LogP contribution in [0.15, 0.2) is 40.9 Å². The number of cyclic esters (lactones) is 1. The molecular formula is C17H15N3O5. The second-order valence-corrected chi connectivity index (χ2v) is 5.95. The summed E-state index contributed by atoms with van der Waals surface area (Å²) in [6, 6.07) is 10.6. The highest BCUT2D eigenvalue weighted by Crippen LogP contribution is 2.24. The van der Waals surface area contributed by atoms with Gasteiger partial charge in [0.25, 0.3) is 11.8 Å². The van der Waals surface area contributed by atoms with Crippen molar-refractivity contribution < 1.29 is 23.6 Å². The van der Waals surface area contributed by atoms with E-state index in [1.165, 1.54) is 0 Å². The maximum atomic E-state index is 12.6. The standard InChI is InChI=1S/C17H15N3O5/c21-15-10-24-17(23)20(15)12-6-7-19(9-12)16(22)13-8-14(25-18-13)11-4-2-1-3-5-11/h1-5,8,12H,6-7,9-10H2. The molecule has 0 N–H and O–H groups in total. The SMILES string of the molecule is O=C(c1cc(-c2ccccc2)on1)N1CCC(N2C(=O)COC2=O)C1. The summed E-state index contributed by atoms with van der Waals surface area (Å²) in [5.74, 6) is -0.136. The van der Waals surface area contributed by atoms with Gasteiger partial charge in [-0.3, -0.25) is 9.59 Å². The van der Waals surface area contributed by atoms with E-state index in [0.29, 0.717) is 18.7 Å². The van der Waals surface area contributed by atoms with Gasteiger partial charge in [-0.1, -0.05) is 35.5 Å². The van der Waals surface area contributed by atoms with Crippen LogP contribution in [0.5, 0.6) is 0 Å². The van der Waals surface area contributed by atoms with Crippen LogP contribution in [0.3, 0.4) is 0 Å². The number of hydrogen-bond acceptors (Lipinski definition) is 6. The molecule has 3 amide bonds. The first kappa shape index (κ1) is 15.4. The Balaban J connectivity index is 1.46. The van der Waals surface area contributed by atoms with Crippen molar-refractivity contribution in [2.24, 2.45) is 0 Å². The van der Waals surface area contributed by atoms with Crippen LogP contribution in [0, 0.1) is 0 Å². The second kappa shape index (κ2) is 6.04. The first-order valence-electron chi connectivity index (χ1n) is 7.94. The van der Waals surface area contributed by atoms with E-state index in [9.17, 15) is 14.4 Å². The van der Waals surface area contributed by atoms with Crippen molar-refractivity contribution in [1.82, 2.24) is 15.0 Å². The van der Waals surface area contributed by atoms with Gasteiger partial charge in [0.2, 0.25) is 0 Å². The monoisotopic (exact) mass is 341 g/mol. The van der Waals surface area contributed by atoms with Gasteiger partial charge in [-0.25, -0.2) is 9.69 Å². The third-order valence-electron chi connectivity index (χ3n) is 4.39. The van der Waals surface area contributed by atoms with Crippen LogP contribution >= 0.6 is 0 Å². The number of imide groups is 1. The topological polar surface area (TPSA) is 93.0 Å². The molecule has 0 saturated carbocycles. The zero-order chi connectivity index (χ0) is 17.4. The molecule has 3 heterocycles. The van der Waals surface area contributed by atoms with E-state index in [2.05, 4.69) is 5.16 Å². The zero-order valence-electron chi connectivity index (χ0n) is 13.3. The smallest absolute Gasteiger partial charge is 0.417 e. The van der Waals surface area contributed by atoms with E-state index in [1.807, 2.05) is 30.3 Å². The highest BCUT2D eigenvalue weighted by atomic mass is 16.6. The zero-order valence-corrected chi connectivity index (χ0v) is 13.3. The van der Waals surface area contributed by atoms with Crippen LogP contribution in [-0.4, -0.2) is 58.6 Å². The molecule has 0 radical (unpaired) electrons. The molecule has 2 aliphatic rings. The molecular weight excluding hydrogens is 326 g/mol. The lowest BCUT2D eigenvalue weighted by Crippen LogP contribution is -2.42. The van der Waals surface area contributed by atoms with Crippen LogP contribution in [0.25, 0.3) is 11.3 Å². The van der Waals surface area contributed by atoms with Gasteiger partial charge in [0.15, 0.2) is 18.1 Å². The average molecular weight is 341 g/mol. The van der Waals surface area contributed by atoms with Crippen LogP contribution in [0.1, 0.15) is 16.9 Å². The first-order valence-corrected chi connectivity index (χ1v) is 7.94. The van der Waals surface area contributed by atoms with Crippen molar-refractivity contribution in [2.45, 2.75) is 12.5 Å². The number of aromatic nitrogens is 1. The van der Waals surface area contributed by atoms with E-state index in [0.717, 1.165) is 10.5 Å². The molecule has 1 atom stereocenters. The number of amides is 3. The quantitative estimate of drug-likeness (QED) is 0.841. The number of carbonyl (C=O) groups is 3. The van der Waals surface area contributed by atoms with Gasteiger partial charge in [0.05, 0.1) is 6.04 Å². The van der Waals surface area contributed by atoms with Crippen LogP contribution in [0.4, 0.5) is 4.79 Å². The summed E-state index contributed by atoms with van der Waals surface area (Å²) in [7, 11) is 0. The number of rotatable bonds is 3. The Bertz CT molecular complexity index is 816. The molecule has 0 aliphatic carbocycles. The highest BCUT2D eigenvalue weighted by molar-refractivity contribution is 5.98. The molecule has 128 valence electrons. The molecule has 1 unspecified atom stereocenters. The fourth-order valence-corrected chi connectivity index (χ4v) is 3.13. The van der Waals surface area contributed by atoms with Gasteiger partial charge >= 0.3 is 6.09 Å². The molecule has 0 spiro atoms. The first-order chi connectivity index (χ1) is 12.1. The Hall–Kier alpha value is -3.16. The van der Waals surface area contributed by atoms with E-state index >= 15 is 0 Å². The third-order valence-corrected chi connectivity index (χ3v) is 4.39. The minimum Gasteiger partial charge on any atom is -0.439 e. The van der Waals surface area contributed by atoms with Crippen molar-refractivity contribution >= 4 is 17.9 Å². The number of carbonyl (C=O) groups excluding carboxylic acids is 3. The average Bonchev–Trinajstić information content (AvgIpc) is 3.35. The normalized spacial score (nSPS) is 20.2. The maximum absolute atomic E-state index is 12.6. The van der Waals surface area contributed by atoms with Crippen molar-refractivity contribution in [1.29, 1.82) is 0 Å². The van der Waals surface area contributed by atoms with Gasteiger partial charge in [-0.15, -0.1) is 0 Å². The van der Waals surface area contributed by atoms with E-state index in [4.69, 9.17) is 9.26 Å². The summed E-state index contributed by atoms with van der Waals surface area (Å²) in [6.07, 6.45) is -0.118. The fourth-order valence-electron chi connectivity index (χ4n) is 3.13. The van der Waals surface area contributed by atoms with Crippen molar-refractivity contribution in [2.75, 3.05) is 19.7 Å². The van der Waals surface area contributed by atoms with Crippen LogP contribution in [-0.2, 0) is 9.53 Å². The Labute approximate surface area is 142 Å². The molecule has 2 aliphatic heterocycles. The number of hydrogen-bond donors (Lipinski definition) is 0. The third kappa shape index (κ3) is 2.75. The van der Waals surface area contributed by atoms with Crippen LogP contribution in [0.2, 0.25) is 0 Å². The fraction of sp³-hybridized carbons (Fsp3) is 0.294. The Kier molecular flexibility index (Phi) is 3.72. The maximum Gasteiger partial charge on any atom is 0.417 e. The lowest BCUT2D eigenvalue weighted by molar-refractivity contribution is -0.127. The Morgan fingerprint density at radius 1 is 1.20 bits per heavy atom. The van der Waals surface area contributed by atoms with Gasteiger partial charge in [0.1, 0.15) is 0 Å². The molecule has 2 aromatic rings. The van der Waals surface area contributed by atoms with E-state index in [-0.39, 0.29) is 36.7 Å². The summed E-state index contributed by atoms with van der Waals surface area (Å²) in [5, 5.41) is 3.85. The molecule has 4 rings (SSSR count). The number of likely N-dealkylation sites (tertiary alicyclic amines) is 1. The molecule has 1 aromatic carbocycles. The number of benzene rings is 1.